The van der Waals surface area contributed by atoms with Crippen molar-refractivity contribution in [2.45, 2.75) is 46.8 Å². The second-order valence-corrected chi connectivity index (χ2v) is 6.01. The van der Waals surface area contributed by atoms with Gasteiger partial charge in [-0.05, 0) is 51.8 Å². The van der Waals surface area contributed by atoms with E-state index in [-0.39, 0.29) is 6.61 Å². The highest BCUT2D eigenvalue weighted by Crippen LogP contribution is 2.29. The molecule has 1 N–H and O–H groups in total. The fourth-order valence-electron chi connectivity index (χ4n) is 2.49. The maximum atomic E-state index is 12.4. The average Bonchev–Trinajstić information content (AvgIpc) is 2.61. The molecule has 0 fully saturated rings. The molecule has 0 aliphatic rings. The monoisotopic (exact) mass is 275 g/mol. The molecular formula is C16H21NO3. The Balaban J connectivity index is 2.69. The molecule has 0 radical (unpaired) electrons. The van der Waals surface area contributed by atoms with Crippen LogP contribution in [0.15, 0.2) is 18.2 Å². The van der Waals surface area contributed by atoms with Gasteiger partial charge in [0.15, 0.2) is 0 Å². The number of aryl methyl sites for hydroxylation is 2. The van der Waals surface area contributed by atoms with Crippen LogP contribution in [0.1, 0.15) is 37.6 Å². The van der Waals surface area contributed by atoms with E-state index >= 15 is 0 Å². The number of carbonyl (C=O) groups is 1. The molecule has 108 valence electrons. The van der Waals surface area contributed by atoms with E-state index in [1.165, 1.54) is 4.57 Å². The molecule has 0 saturated carbocycles. The SMILES string of the molecule is Cc1cccc2c1c(C)c(CO)n2C(=O)OC(C)(C)C. The Morgan fingerprint density at radius 1 is 1.30 bits per heavy atom. The molecule has 0 saturated heterocycles. The van der Waals surface area contributed by atoms with Gasteiger partial charge in [0, 0.05) is 5.39 Å². The molecular weight excluding hydrogens is 254 g/mol. The molecule has 1 heterocycles. The van der Waals surface area contributed by atoms with Crippen molar-refractivity contribution in [3.05, 3.63) is 35.0 Å². The largest absolute Gasteiger partial charge is 0.443 e. The number of aliphatic hydroxyl groups is 1. The van der Waals surface area contributed by atoms with Crippen LogP contribution in [-0.2, 0) is 11.3 Å². The number of fused-ring (bicyclic) bond motifs is 1. The molecule has 4 nitrogen and oxygen atoms in total. The predicted octanol–water partition coefficient (Wildman–Crippen LogP) is 3.53. The number of hydrogen-bond acceptors (Lipinski definition) is 3. The van der Waals surface area contributed by atoms with Crippen LogP contribution in [-0.4, -0.2) is 21.4 Å². The van der Waals surface area contributed by atoms with Crippen LogP contribution in [0.4, 0.5) is 4.79 Å². The predicted molar refractivity (Wildman–Crippen MR) is 79.0 cm³/mol. The summed E-state index contributed by atoms with van der Waals surface area (Å²) in [5.74, 6) is 0. The molecule has 4 heteroatoms. The number of ether oxygens (including phenoxy) is 1. The van der Waals surface area contributed by atoms with Gasteiger partial charge in [0.2, 0.25) is 0 Å². The van der Waals surface area contributed by atoms with Crippen molar-refractivity contribution >= 4 is 17.0 Å². The quantitative estimate of drug-likeness (QED) is 0.866. The van der Waals surface area contributed by atoms with Crippen molar-refractivity contribution in [1.82, 2.24) is 4.57 Å². The van der Waals surface area contributed by atoms with E-state index in [0.717, 1.165) is 22.0 Å². The first-order valence-electron chi connectivity index (χ1n) is 6.70. The number of carbonyl (C=O) groups excluding carboxylic acids is 1. The summed E-state index contributed by atoms with van der Waals surface area (Å²) in [6.45, 7) is 9.20. The number of hydrogen-bond donors (Lipinski definition) is 1. The summed E-state index contributed by atoms with van der Waals surface area (Å²) in [4.78, 5) is 12.4. The third kappa shape index (κ3) is 2.43. The third-order valence-corrected chi connectivity index (χ3v) is 3.30. The van der Waals surface area contributed by atoms with E-state index in [0.29, 0.717) is 5.69 Å². The highest BCUT2D eigenvalue weighted by Gasteiger charge is 2.24. The van der Waals surface area contributed by atoms with Gasteiger partial charge in [0.05, 0.1) is 17.8 Å². The van der Waals surface area contributed by atoms with Crippen molar-refractivity contribution in [2.75, 3.05) is 0 Å². The van der Waals surface area contributed by atoms with Gasteiger partial charge >= 0.3 is 6.09 Å². The fraction of sp³-hybridized carbons (Fsp3) is 0.438. The lowest BCUT2D eigenvalue weighted by Crippen LogP contribution is -2.28. The molecule has 0 unspecified atom stereocenters. The summed E-state index contributed by atoms with van der Waals surface area (Å²) >= 11 is 0. The Kier molecular flexibility index (Phi) is 3.61. The smallest absolute Gasteiger partial charge is 0.419 e. The van der Waals surface area contributed by atoms with E-state index in [4.69, 9.17) is 4.74 Å². The van der Waals surface area contributed by atoms with Gasteiger partial charge < -0.3 is 9.84 Å². The van der Waals surface area contributed by atoms with Crippen molar-refractivity contribution < 1.29 is 14.6 Å². The Bertz CT molecular complexity index is 662. The summed E-state index contributed by atoms with van der Waals surface area (Å²) in [6.07, 6.45) is -0.453. The van der Waals surface area contributed by atoms with Gasteiger partial charge in [0.1, 0.15) is 5.60 Å². The Morgan fingerprint density at radius 2 is 1.95 bits per heavy atom. The van der Waals surface area contributed by atoms with Gasteiger partial charge in [-0.25, -0.2) is 9.36 Å². The van der Waals surface area contributed by atoms with E-state index in [1.807, 2.05) is 52.8 Å². The van der Waals surface area contributed by atoms with Crippen molar-refractivity contribution in [2.24, 2.45) is 0 Å². The molecule has 2 rings (SSSR count). The minimum absolute atomic E-state index is 0.195. The molecule has 0 amide bonds. The zero-order valence-electron chi connectivity index (χ0n) is 12.7. The fourth-order valence-corrected chi connectivity index (χ4v) is 2.49. The molecule has 2 aromatic rings. The average molecular weight is 275 g/mol. The number of aromatic nitrogens is 1. The van der Waals surface area contributed by atoms with Crippen LogP contribution >= 0.6 is 0 Å². The van der Waals surface area contributed by atoms with Crippen LogP contribution in [0.3, 0.4) is 0 Å². The molecule has 0 aliphatic carbocycles. The molecule has 1 aromatic heterocycles. The lowest BCUT2D eigenvalue weighted by atomic mass is 10.1. The summed E-state index contributed by atoms with van der Waals surface area (Å²) in [6, 6.07) is 5.77. The number of aliphatic hydroxyl groups excluding tert-OH is 1. The normalized spacial score (nSPS) is 11.9. The highest BCUT2D eigenvalue weighted by atomic mass is 16.6. The molecule has 1 aromatic carbocycles. The topological polar surface area (TPSA) is 51.5 Å². The summed E-state index contributed by atoms with van der Waals surface area (Å²) in [5, 5.41) is 10.6. The lowest BCUT2D eigenvalue weighted by Gasteiger charge is -2.20. The third-order valence-electron chi connectivity index (χ3n) is 3.30. The van der Waals surface area contributed by atoms with Gasteiger partial charge in [-0.3, -0.25) is 0 Å². The van der Waals surface area contributed by atoms with E-state index in [1.54, 1.807) is 0 Å². The molecule has 20 heavy (non-hydrogen) atoms. The zero-order chi connectivity index (χ0) is 15.1. The van der Waals surface area contributed by atoms with Crippen molar-refractivity contribution in [1.29, 1.82) is 0 Å². The van der Waals surface area contributed by atoms with Crippen LogP contribution in [0.25, 0.3) is 10.9 Å². The Morgan fingerprint density at radius 3 is 2.50 bits per heavy atom. The zero-order valence-corrected chi connectivity index (χ0v) is 12.7. The van der Waals surface area contributed by atoms with E-state index in [9.17, 15) is 9.90 Å². The summed E-state index contributed by atoms with van der Waals surface area (Å²) in [7, 11) is 0. The second kappa shape index (κ2) is 4.94. The maximum Gasteiger partial charge on any atom is 0.419 e. The van der Waals surface area contributed by atoms with Gasteiger partial charge in [-0.2, -0.15) is 0 Å². The highest BCUT2D eigenvalue weighted by molar-refractivity contribution is 5.95. The van der Waals surface area contributed by atoms with Crippen LogP contribution < -0.4 is 0 Å². The van der Waals surface area contributed by atoms with Crippen LogP contribution in [0.2, 0.25) is 0 Å². The van der Waals surface area contributed by atoms with Gasteiger partial charge in [-0.15, -0.1) is 0 Å². The first-order valence-corrected chi connectivity index (χ1v) is 6.70. The second-order valence-electron chi connectivity index (χ2n) is 6.01. The number of benzene rings is 1. The summed E-state index contributed by atoms with van der Waals surface area (Å²) in [5.41, 5.74) is 2.80. The van der Waals surface area contributed by atoms with E-state index in [2.05, 4.69) is 0 Å². The maximum absolute atomic E-state index is 12.4. The number of rotatable bonds is 1. The lowest BCUT2D eigenvalue weighted by molar-refractivity contribution is 0.0533. The molecule has 0 atom stereocenters. The first kappa shape index (κ1) is 14.6. The van der Waals surface area contributed by atoms with E-state index < -0.39 is 11.7 Å². The number of nitrogens with zero attached hydrogens (tertiary/aromatic N) is 1. The Labute approximate surface area is 119 Å². The molecule has 0 spiro atoms. The molecule has 0 aliphatic heterocycles. The minimum atomic E-state index is -0.571. The van der Waals surface area contributed by atoms with Crippen LogP contribution in [0, 0.1) is 13.8 Å². The minimum Gasteiger partial charge on any atom is -0.443 e. The molecule has 0 bridgehead atoms. The van der Waals surface area contributed by atoms with Crippen molar-refractivity contribution in [3.8, 4) is 0 Å². The van der Waals surface area contributed by atoms with Gasteiger partial charge in [0.25, 0.3) is 0 Å². The standard InChI is InChI=1S/C16H21NO3/c1-10-7-6-8-12-14(10)11(2)13(9-18)17(12)15(19)20-16(3,4)5/h6-8,18H,9H2,1-5H3. The van der Waals surface area contributed by atoms with Crippen LogP contribution in [0.5, 0.6) is 0 Å². The first-order chi connectivity index (χ1) is 9.26. The van der Waals surface area contributed by atoms with Crippen molar-refractivity contribution in [3.63, 3.8) is 0 Å². The summed E-state index contributed by atoms with van der Waals surface area (Å²) < 4.78 is 6.92. The Hall–Kier alpha value is -1.81. The van der Waals surface area contributed by atoms with Gasteiger partial charge in [-0.1, -0.05) is 12.1 Å².